The van der Waals surface area contributed by atoms with E-state index in [4.69, 9.17) is 11.6 Å². The van der Waals surface area contributed by atoms with E-state index in [1.165, 1.54) is 4.88 Å². The number of nitrogens with one attached hydrogen (secondary N) is 1. The Hall–Kier alpha value is 0.120. The Balaban J connectivity index is 2.28. The van der Waals surface area contributed by atoms with E-state index in [1.54, 1.807) is 11.3 Å². The summed E-state index contributed by atoms with van der Waals surface area (Å²) in [4.78, 5) is 1.29. The summed E-state index contributed by atoms with van der Waals surface area (Å²) in [6.45, 7) is 5.09. The Morgan fingerprint density at radius 2 is 2.19 bits per heavy atom. The largest absolute Gasteiger partial charge is 0.309 e. The molecule has 0 aliphatic heterocycles. The second kappa shape index (κ2) is 7.59. The third kappa shape index (κ3) is 4.10. The van der Waals surface area contributed by atoms with Gasteiger partial charge in [0.15, 0.2) is 0 Å². The summed E-state index contributed by atoms with van der Waals surface area (Å²) in [5.41, 5.74) is 1.96. The Morgan fingerprint density at radius 3 is 2.67 bits per heavy atom. The number of hydrogen-bond donors (Lipinski definition) is 1. The van der Waals surface area contributed by atoms with E-state index in [1.807, 2.05) is 18.7 Å². The van der Waals surface area contributed by atoms with Crippen LogP contribution in [-0.4, -0.2) is 16.3 Å². The van der Waals surface area contributed by atoms with Crippen LogP contribution in [0.3, 0.4) is 0 Å². The summed E-state index contributed by atoms with van der Waals surface area (Å²) in [6.07, 6.45) is 1.93. The second-order valence-corrected chi connectivity index (χ2v) is 8.58. The molecule has 1 atom stereocenters. The van der Waals surface area contributed by atoms with Gasteiger partial charge in [-0.3, -0.25) is 4.68 Å². The lowest BCUT2D eigenvalue weighted by atomic mass is 10.1. The fourth-order valence-electron chi connectivity index (χ4n) is 2.22. The number of aromatic nitrogens is 2. The van der Waals surface area contributed by atoms with E-state index >= 15 is 0 Å². The van der Waals surface area contributed by atoms with Crippen LogP contribution in [0.2, 0.25) is 5.02 Å². The van der Waals surface area contributed by atoms with Crippen LogP contribution in [0.4, 0.5) is 0 Å². The summed E-state index contributed by atoms with van der Waals surface area (Å²) in [6, 6.07) is 2.41. The van der Waals surface area contributed by atoms with Gasteiger partial charge in [0.25, 0.3) is 0 Å². The first-order valence-electron chi connectivity index (χ1n) is 6.80. The number of thiophene rings is 1. The van der Waals surface area contributed by atoms with Gasteiger partial charge in [0.1, 0.15) is 0 Å². The van der Waals surface area contributed by atoms with Crippen LogP contribution < -0.4 is 5.32 Å². The Kier molecular flexibility index (Phi) is 6.32. The average molecular weight is 456 g/mol. The molecule has 0 aliphatic carbocycles. The minimum atomic E-state index is 0.241. The normalized spacial score (nSPS) is 12.9. The molecule has 0 radical (unpaired) electrons. The van der Waals surface area contributed by atoms with Gasteiger partial charge in [0.2, 0.25) is 0 Å². The van der Waals surface area contributed by atoms with E-state index < -0.39 is 0 Å². The molecule has 1 N–H and O–H groups in total. The van der Waals surface area contributed by atoms with E-state index in [0.717, 1.165) is 44.1 Å². The van der Waals surface area contributed by atoms with Crippen molar-refractivity contribution >= 4 is 54.8 Å². The van der Waals surface area contributed by atoms with E-state index in [0.29, 0.717) is 0 Å². The molecule has 0 fully saturated rings. The number of halogens is 3. The minimum absolute atomic E-state index is 0.241. The molecular formula is C14H18Br2ClN3S. The topological polar surface area (TPSA) is 29.9 Å². The number of aryl methyl sites for hydroxylation is 2. The molecule has 0 spiro atoms. The van der Waals surface area contributed by atoms with Gasteiger partial charge in [-0.2, -0.15) is 5.10 Å². The van der Waals surface area contributed by atoms with Gasteiger partial charge in [-0.1, -0.05) is 18.5 Å². The quantitative estimate of drug-likeness (QED) is 0.645. The van der Waals surface area contributed by atoms with E-state index in [2.05, 4.69) is 55.3 Å². The van der Waals surface area contributed by atoms with Crippen LogP contribution >= 0.6 is 54.8 Å². The smallest absolute Gasteiger partial charge is 0.0847 e. The molecule has 1 unspecified atom stereocenters. The van der Waals surface area contributed by atoms with Crippen molar-refractivity contribution in [2.75, 3.05) is 6.54 Å². The molecule has 2 aromatic rings. The molecule has 116 valence electrons. The van der Waals surface area contributed by atoms with Gasteiger partial charge in [-0.15, -0.1) is 11.3 Å². The Labute approximate surface area is 151 Å². The summed E-state index contributed by atoms with van der Waals surface area (Å²) < 4.78 is 4.10. The number of nitrogens with zero attached hydrogens (tertiary/aromatic N) is 2. The van der Waals surface area contributed by atoms with Gasteiger partial charge in [-0.25, -0.2) is 0 Å². The molecule has 2 heterocycles. The zero-order chi connectivity index (χ0) is 15.6. The van der Waals surface area contributed by atoms with Crippen molar-refractivity contribution in [3.63, 3.8) is 0 Å². The standard InChI is InChI=1S/C14H18Br2ClN3S/c1-4-5-18-10(12-6-9(15)14(16)21-12)7-11-13(17)8(2)19-20(11)3/h6,10,18H,4-5,7H2,1-3H3. The molecule has 0 saturated heterocycles. The molecule has 0 saturated carbocycles. The van der Waals surface area contributed by atoms with Crippen molar-refractivity contribution in [3.8, 4) is 0 Å². The van der Waals surface area contributed by atoms with Gasteiger partial charge in [-0.05, 0) is 57.8 Å². The maximum atomic E-state index is 6.39. The van der Waals surface area contributed by atoms with Crippen LogP contribution in [0.25, 0.3) is 0 Å². The van der Waals surface area contributed by atoms with Gasteiger partial charge in [0.05, 0.1) is 20.2 Å². The monoisotopic (exact) mass is 453 g/mol. The predicted octanol–water partition coefficient (Wildman–Crippen LogP) is 5.25. The highest BCUT2D eigenvalue weighted by Crippen LogP contribution is 2.37. The third-order valence-corrected chi connectivity index (χ3v) is 7.17. The average Bonchev–Trinajstić information content (AvgIpc) is 2.88. The molecule has 0 aromatic carbocycles. The Bertz CT molecular complexity index is 605. The summed E-state index contributed by atoms with van der Waals surface area (Å²) in [7, 11) is 1.95. The third-order valence-electron chi connectivity index (χ3n) is 3.31. The summed E-state index contributed by atoms with van der Waals surface area (Å²) >= 11 is 15.3. The van der Waals surface area contributed by atoms with Crippen molar-refractivity contribution in [2.45, 2.75) is 32.7 Å². The maximum absolute atomic E-state index is 6.39. The SMILES string of the molecule is CCCNC(Cc1c(Cl)c(C)nn1C)c1cc(Br)c(Br)s1. The summed E-state index contributed by atoms with van der Waals surface area (Å²) in [5, 5.41) is 8.78. The van der Waals surface area contributed by atoms with Crippen molar-refractivity contribution in [3.05, 3.63) is 35.6 Å². The highest BCUT2D eigenvalue weighted by molar-refractivity contribution is 9.13. The van der Waals surface area contributed by atoms with Crippen molar-refractivity contribution < 1.29 is 0 Å². The van der Waals surface area contributed by atoms with Crippen LogP contribution in [0.1, 0.15) is 35.7 Å². The van der Waals surface area contributed by atoms with Gasteiger partial charge < -0.3 is 5.32 Å². The van der Waals surface area contributed by atoms with Crippen molar-refractivity contribution in [2.24, 2.45) is 7.05 Å². The molecule has 0 amide bonds. The molecule has 2 rings (SSSR count). The fourth-order valence-corrected chi connectivity index (χ4v) is 4.62. The molecule has 0 aliphatic rings. The zero-order valence-electron chi connectivity index (χ0n) is 12.2. The van der Waals surface area contributed by atoms with Crippen LogP contribution in [0.15, 0.2) is 14.3 Å². The minimum Gasteiger partial charge on any atom is -0.309 e. The first-order chi connectivity index (χ1) is 9.93. The van der Waals surface area contributed by atoms with E-state index in [9.17, 15) is 0 Å². The fraction of sp³-hybridized carbons (Fsp3) is 0.500. The molecule has 3 nitrogen and oxygen atoms in total. The number of hydrogen-bond acceptors (Lipinski definition) is 3. The van der Waals surface area contributed by atoms with Crippen LogP contribution in [0, 0.1) is 6.92 Å². The highest BCUT2D eigenvalue weighted by Gasteiger charge is 2.20. The van der Waals surface area contributed by atoms with E-state index in [-0.39, 0.29) is 6.04 Å². The second-order valence-electron chi connectivity index (χ2n) is 4.95. The molecule has 2 aromatic heterocycles. The molecule has 0 bridgehead atoms. The lowest BCUT2D eigenvalue weighted by molar-refractivity contribution is 0.519. The number of rotatable bonds is 6. The molecule has 21 heavy (non-hydrogen) atoms. The van der Waals surface area contributed by atoms with Crippen molar-refractivity contribution in [1.29, 1.82) is 0 Å². The van der Waals surface area contributed by atoms with Crippen LogP contribution in [0.5, 0.6) is 0 Å². The first kappa shape index (κ1) is 17.5. The predicted molar refractivity (Wildman–Crippen MR) is 97.4 cm³/mol. The summed E-state index contributed by atoms with van der Waals surface area (Å²) in [5.74, 6) is 0. The van der Waals surface area contributed by atoms with Gasteiger partial charge >= 0.3 is 0 Å². The maximum Gasteiger partial charge on any atom is 0.0847 e. The lowest BCUT2D eigenvalue weighted by Gasteiger charge is -2.17. The van der Waals surface area contributed by atoms with Crippen LogP contribution in [-0.2, 0) is 13.5 Å². The highest BCUT2D eigenvalue weighted by atomic mass is 79.9. The Morgan fingerprint density at radius 1 is 1.48 bits per heavy atom. The molecular weight excluding hydrogens is 438 g/mol. The van der Waals surface area contributed by atoms with Gasteiger partial charge in [0, 0.05) is 28.9 Å². The lowest BCUT2D eigenvalue weighted by Crippen LogP contribution is -2.24. The first-order valence-corrected chi connectivity index (χ1v) is 9.58. The zero-order valence-corrected chi connectivity index (χ0v) is 17.0. The van der Waals surface area contributed by atoms with Crippen molar-refractivity contribution in [1.82, 2.24) is 15.1 Å². The molecule has 7 heteroatoms.